The van der Waals surface area contributed by atoms with E-state index in [1.807, 2.05) is 0 Å². The van der Waals surface area contributed by atoms with Crippen molar-refractivity contribution in [3.05, 3.63) is 35.9 Å². The van der Waals surface area contributed by atoms with Gasteiger partial charge in [-0.1, -0.05) is 65.0 Å². The molecule has 1 fully saturated rings. The highest BCUT2D eigenvalue weighted by Crippen LogP contribution is 2.48. The summed E-state index contributed by atoms with van der Waals surface area (Å²) in [6, 6.07) is 10.9. The number of hydrogen-bond acceptors (Lipinski definition) is 2. The molecule has 1 aliphatic heterocycles. The van der Waals surface area contributed by atoms with E-state index in [0.717, 1.165) is 6.42 Å². The van der Waals surface area contributed by atoms with Crippen LogP contribution in [0, 0.1) is 5.92 Å². The van der Waals surface area contributed by atoms with Crippen LogP contribution in [0.25, 0.3) is 0 Å². The summed E-state index contributed by atoms with van der Waals surface area (Å²) in [6.07, 6.45) is 2.90. The molecular formula is C22H40O2Si2. The van der Waals surface area contributed by atoms with Gasteiger partial charge < -0.3 is 8.85 Å². The molecule has 0 unspecified atom stereocenters. The van der Waals surface area contributed by atoms with Gasteiger partial charge in [0.25, 0.3) is 0 Å². The van der Waals surface area contributed by atoms with Gasteiger partial charge in [0.1, 0.15) is 0 Å². The molecule has 0 spiro atoms. The van der Waals surface area contributed by atoms with Crippen molar-refractivity contribution < 1.29 is 8.85 Å². The van der Waals surface area contributed by atoms with Crippen molar-refractivity contribution in [3.8, 4) is 0 Å². The average Bonchev–Trinajstić information content (AvgIpc) is 2.81. The lowest BCUT2D eigenvalue weighted by molar-refractivity contribution is 0.160. The van der Waals surface area contributed by atoms with Crippen molar-refractivity contribution in [1.82, 2.24) is 0 Å². The van der Waals surface area contributed by atoms with Gasteiger partial charge >= 0.3 is 0 Å². The van der Waals surface area contributed by atoms with E-state index in [1.165, 1.54) is 12.0 Å². The van der Waals surface area contributed by atoms with Crippen LogP contribution >= 0.6 is 0 Å². The first kappa shape index (κ1) is 21.9. The van der Waals surface area contributed by atoms with E-state index < -0.39 is 16.6 Å². The van der Waals surface area contributed by atoms with Gasteiger partial charge in [0, 0.05) is 6.10 Å². The Hall–Kier alpha value is -0.426. The highest BCUT2D eigenvalue weighted by Gasteiger charge is 2.47. The Morgan fingerprint density at radius 2 is 1.73 bits per heavy atom. The first-order valence-electron chi connectivity index (χ1n) is 10.2. The maximum Gasteiger partial charge on any atom is 0.192 e. The van der Waals surface area contributed by atoms with Gasteiger partial charge in [-0.3, -0.25) is 0 Å². The van der Waals surface area contributed by atoms with E-state index in [2.05, 4.69) is 91.1 Å². The second-order valence-corrected chi connectivity index (χ2v) is 19.5. The minimum Gasteiger partial charge on any atom is -0.414 e. The first-order valence-corrected chi connectivity index (χ1v) is 16.1. The summed E-state index contributed by atoms with van der Waals surface area (Å²) in [5.41, 5.74) is 1.99. The zero-order valence-corrected chi connectivity index (χ0v) is 20.4. The molecule has 0 amide bonds. The Kier molecular flexibility index (Phi) is 6.65. The summed E-state index contributed by atoms with van der Waals surface area (Å²) in [7, 11) is -3.51. The lowest BCUT2D eigenvalue weighted by Gasteiger charge is -2.40. The fourth-order valence-electron chi connectivity index (χ4n) is 3.60. The summed E-state index contributed by atoms with van der Waals surface area (Å²) >= 11 is 0. The van der Waals surface area contributed by atoms with Gasteiger partial charge in [-0.2, -0.15) is 0 Å². The molecule has 0 radical (unpaired) electrons. The normalized spacial score (nSPS) is 24.8. The molecule has 1 aromatic rings. The molecule has 1 aromatic carbocycles. The average molecular weight is 393 g/mol. The van der Waals surface area contributed by atoms with Crippen LogP contribution in [0.3, 0.4) is 0 Å². The smallest absolute Gasteiger partial charge is 0.192 e. The monoisotopic (exact) mass is 392 g/mol. The van der Waals surface area contributed by atoms with Crippen LogP contribution in [0.5, 0.6) is 0 Å². The van der Waals surface area contributed by atoms with Crippen molar-refractivity contribution in [1.29, 1.82) is 0 Å². The van der Waals surface area contributed by atoms with Gasteiger partial charge in [-0.15, -0.1) is 0 Å². The van der Waals surface area contributed by atoms with E-state index in [1.54, 1.807) is 0 Å². The van der Waals surface area contributed by atoms with Crippen LogP contribution in [0.15, 0.2) is 30.3 Å². The molecule has 2 nitrogen and oxygen atoms in total. The van der Waals surface area contributed by atoms with Crippen LogP contribution < -0.4 is 0 Å². The van der Waals surface area contributed by atoms with Gasteiger partial charge in [0.2, 0.25) is 0 Å². The molecule has 1 saturated heterocycles. The van der Waals surface area contributed by atoms with E-state index in [4.69, 9.17) is 8.85 Å². The topological polar surface area (TPSA) is 18.5 Å². The standard InChI is InChI=1S/C22H40O2Si2/c1-17(2)20-15-19(25(6,7)23-20)16-21(18-13-11-10-12-14-18)24-26(8,9)22(3,4)5/h10-14,17,19-21H,15-16H2,1-9H3/t19-,20+,21-/m0/s1. The summed E-state index contributed by atoms with van der Waals surface area (Å²) in [5.74, 6) is 0.600. The van der Waals surface area contributed by atoms with Crippen LogP contribution in [0.1, 0.15) is 59.1 Å². The van der Waals surface area contributed by atoms with Crippen molar-refractivity contribution in [2.45, 2.75) is 96.4 Å². The predicted molar refractivity (Wildman–Crippen MR) is 118 cm³/mol. The van der Waals surface area contributed by atoms with E-state index in [-0.39, 0.29) is 11.1 Å². The van der Waals surface area contributed by atoms with E-state index in [9.17, 15) is 0 Å². The van der Waals surface area contributed by atoms with Crippen LogP contribution in [0.2, 0.25) is 36.8 Å². The number of rotatable bonds is 6. The molecular weight excluding hydrogens is 352 g/mol. The van der Waals surface area contributed by atoms with Crippen molar-refractivity contribution >= 4 is 16.6 Å². The highest BCUT2D eigenvalue weighted by molar-refractivity contribution is 6.74. The van der Waals surface area contributed by atoms with Gasteiger partial charge in [0.05, 0.1) is 6.10 Å². The lowest BCUT2D eigenvalue weighted by atomic mass is 9.98. The fraction of sp³-hybridized carbons (Fsp3) is 0.727. The van der Waals surface area contributed by atoms with Crippen LogP contribution in [-0.2, 0) is 8.85 Å². The molecule has 0 aliphatic carbocycles. The molecule has 0 aromatic heterocycles. The molecule has 26 heavy (non-hydrogen) atoms. The van der Waals surface area contributed by atoms with Crippen LogP contribution in [0.4, 0.5) is 0 Å². The molecule has 148 valence electrons. The molecule has 1 aliphatic rings. The molecule has 0 saturated carbocycles. The second kappa shape index (κ2) is 7.90. The maximum absolute atomic E-state index is 6.94. The second-order valence-electron chi connectivity index (χ2n) is 10.4. The molecule has 0 N–H and O–H groups in total. The van der Waals surface area contributed by atoms with Gasteiger partial charge in [0.15, 0.2) is 16.6 Å². The zero-order chi connectivity index (χ0) is 19.8. The molecule has 3 atom stereocenters. The minimum atomic E-state index is -1.83. The van der Waals surface area contributed by atoms with Crippen molar-refractivity contribution in [3.63, 3.8) is 0 Å². The van der Waals surface area contributed by atoms with E-state index >= 15 is 0 Å². The number of hydrogen-bond donors (Lipinski definition) is 0. The molecule has 1 heterocycles. The van der Waals surface area contributed by atoms with Gasteiger partial charge in [-0.05, 0) is 61.1 Å². The summed E-state index contributed by atoms with van der Waals surface area (Å²) < 4.78 is 13.5. The summed E-state index contributed by atoms with van der Waals surface area (Å²) in [5, 5.41) is 0.222. The third kappa shape index (κ3) is 5.09. The Balaban J connectivity index is 2.25. The zero-order valence-electron chi connectivity index (χ0n) is 18.4. The summed E-state index contributed by atoms with van der Waals surface area (Å²) in [4.78, 5) is 0. The minimum absolute atomic E-state index is 0.184. The Morgan fingerprint density at radius 1 is 1.15 bits per heavy atom. The predicted octanol–water partition coefficient (Wildman–Crippen LogP) is 7.16. The van der Waals surface area contributed by atoms with Gasteiger partial charge in [-0.25, -0.2) is 0 Å². The molecule has 0 bridgehead atoms. The largest absolute Gasteiger partial charge is 0.414 e. The first-order chi connectivity index (χ1) is 11.8. The fourth-order valence-corrected chi connectivity index (χ4v) is 7.82. The molecule has 4 heteroatoms. The number of benzene rings is 1. The quantitative estimate of drug-likeness (QED) is 0.478. The van der Waals surface area contributed by atoms with Crippen molar-refractivity contribution in [2.75, 3.05) is 0 Å². The summed E-state index contributed by atoms with van der Waals surface area (Å²) in [6.45, 7) is 21.1. The Labute approximate surface area is 164 Å². The van der Waals surface area contributed by atoms with E-state index in [0.29, 0.717) is 17.6 Å². The Morgan fingerprint density at radius 3 is 2.19 bits per heavy atom. The SMILES string of the molecule is CC(C)[C@H]1C[C@@H](C[C@H](O[Si](C)(C)C(C)(C)C)c2ccccc2)[Si](C)(C)O1. The highest BCUT2D eigenvalue weighted by atomic mass is 28.4. The lowest BCUT2D eigenvalue weighted by Crippen LogP contribution is -2.42. The van der Waals surface area contributed by atoms with Crippen LogP contribution in [-0.4, -0.2) is 22.7 Å². The third-order valence-corrected chi connectivity index (χ3v) is 14.4. The van der Waals surface area contributed by atoms with Crippen molar-refractivity contribution in [2.24, 2.45) is 5.92 Å². The molecule has 2 rings (SSSR count). The Bertz CT molecular complexity index is 576. The third-order valence-electron chi connectivity index (χ3n) is 6.61. The maximum atomic E-state index is 6.94.